The van der Waals surface area contributed by atoms with E-state index in [1.807, 2.05) is 0 Å². The van der Waals surface area contributed by atoms with Crippen molar-refractivity contribution in [1.29, 1.82) is 0 Å². The van der Waals surface area contributed by atoms with Gasteiger partial charge in [0, 0.05) is 29.5 Å². The highest BCUT2D eigenvalue weighted by Crippen LogP contribution is 2.12. The summed E-state index contributed by atoms with van der Waals surface area (Å²) in [7, 11) is -1.40. The lowest BCUT2D eigenvalue weighted by Gasteiger charge is -2.06. The average molecular weight is 272 g/mol. The normalized spacial score (nSPS) is 12.2. The molecule has 0 aliphatic carbocycles. The molecule has 0 saturated heterocycles. The maximum atomic E-state index is 13.6. The molecule has 6 heteroatoms. The SMILES string of the molecule is CCNC(=O)CS(=O)Cc1ccc(CN)cc1F. The van der Waals surface area contributed by atoms with Crippen LogP contribution >= 0.6 is 0 Å². The van der Waals surface area contributed by atoms with Crippen molar-refractivity contribution in [3.8, 4) is 0 Å². The molecule has 1 aromatic carbocycles. The van der Waals surface area contributed by atoms with E-state index in [0.717, 1.165) is 0 Å². The van der Waals surface area contributed by atoms with Gasteiger partial charge in [0.15, 0.2) is 0 Å². The van der Waals surface area contributed by atoms with Gasteiger partial charge < -0.3 is 11.1 Å². The smallest absolute Gasteiger partial charge is 0.232 e. The first kappa shape index (κ1) is 14.8. The summed E-state index contributed by atoms with van der Waals surface area (Å²) in [6.45, 7) is 2.54. The molecule has 0 aromatic heterocycles. The summed E-state index contributed by atoms with van der Waals surface area (Å²) >= 11 is 0. The number of hydrogen-bond donors (Lipinski definition) is 2. The molecule has 0 fully saturated rings. The van der Waals surface area contributed by atoms with Gasteiger partial charge in [-0.25, -0.2) is 4.39 Å². The molecule has 18 heavy (non-hydrogen) atoms. The standard InChI is InChI=1S/C12H17FN2O2S/c1-2-15-12(16)8-18(17)7-10-4-3-9(6-14)5-11(10)13/h3-5H,2,6-8,14H2,1H3,(H,15,16). The third kappa shape index (κ3) is 4.54. The van der Waals surface area contributed by atoms with E-state index in [1.165, 1.54) is 6.07 Å². The average Bonchev–Trinajstić information content (AvgIpc) is 2.31. The highest BCUT2D eigenvalue weighted by Gasteiger charge is 2.11. The second kappa shape index (κ2) is 7.23. The molecule has 0 spiro atoms. The fourth-order valence-electron chi connectivity index (χ4n) is 1.45. The lowest BCUT2D eigenvalue weighted by atomic mass is 10.1. The van der Waals surface area contributed by atoms with E-state index in [9.17, 15) is 13.4 Å². The molecular weight excluding hydrogens is 255 g/mol. The van der Waals surface area contributed by atoms with Crippen LogP contribution < -0.4 is 11.1 Å². The summed E-state index contributed by atoms with van der Waals surface area (Å²) in [4.78, 5) is 11.2. The first-order valence-electron chi connectivity index (χ1n) is 5.65. The van der Waals surface area contributed by atoms with Gasteiger partial charge in [-0.2, -0.15) is 0 Å². The number of halogens is 1. The number of carbonyl (C=O) groups excluding carboxylic acids is 1. The van der Waals surface area contributed by atoms with Crippen molar-refractivity contribution < 1.29 is 13.4 Å². The molecule has 1 atom stereocenters. The Morgan fingerprint density at radius 1 is 1.50 bits per heavy atom. The predicted octanol–water partition coefficient (Wildman–Crippen LogP) is 0.669. The van der Waals surface area contributed by atoms with Gasteiger partial charge in [0.2, 0.25) is 5.91 Å². The van der Waals surface area contributed by atoms with Crippen LogP contribution in [0.1, 0.15) is 18.1 Å². The van der Waals surface area contributed by atoms with Crippen molar-refractivity contribution in [3.05, 3.63) is 35.1 Å². The van der Waals surface area contributed by atoms with Gasteiger partial charge in [-0.15, -0.1) is 0 Å². The van der Waals surface area contributed by atoms with E-state index in [4.69, 9.17) is 5.73 Å². The molecule has 0 aliphatic rings. The summed E-state index contributed by atoms with van der Waals surface area (Å²) in [5, 5.41) is 2.55. The number of amides is 1. The minimum Gasteiger partial charge on any atom is -0.356 e. The summed E-state index contributed by atoms with van der Waals surface area (Å²) in [5.41, 5.74) is 6.42. The minimum absolute atomic E-state index is 0.0355. The molecule has 4 nitrogen and oxygen atoms in total. The molecule has 1 aromatic rings. The minimum atomic E-state index is -1.40. The topological polar surface area (TPSA) is 72.2 Å². The Bertz CT molecular complexity index is 452. The van der Waals surface area contributed by atoms with Crippen molar-refractivity contribution in [2.75, 3.05) is 12.3 Å². The summed E-state index contributed by atoms with van der Waals surface area (Å²) in [6.07, 6.45) is 0. The Labute approximate surface area is 108 Å². The van der Waals surface area contributed by atoms with Crippen molar-refractivity contribution in [3.63, 3.8) is 0 Å². The highest BCUT2D eigenvalue weighted by molar-refractivity contribution is 7.84. The number of nitrogens with one attached hydrogen (secondary N) is 1. The van der Waals surface area contributed by atoms with Crippen LogP contribution in [0.25, 0.3) is 0 Å². The maximum absolute atomic E-state index is 13.6. The molecule has 0 saturated carbocycles. The Balaban J connectivity index is 2.62. The Morgan fingerprint density at radius 3 is 2.78 bits per heavy atom. The fraction of sp³-hybridized carbons (Fsp3) is 0.417. The number of nitrogens with two attached hydrogens (primary N) is 1. The van der Waals surface area contributed by atoms with E-state index in [0.29, 0.717) is 17.7 Å². The second-order valence-electron chi connectivity index (χ2n) is 3.81. The van der Waals surface area contributed by atoms with E-state index in [-0.39, 0.29) is 24.0 Å². The molecule has 1 unspecified atom stereocenters. The Hall–Kier alpha value is -1.27. The van der Waals surface area contributed by atoms with Gasteiger partial charge in [0.25, 0.3) is 0 Å². The zero-order valence-corrected chi connectivity index (χ0v) is 11.1. The zero-order valence-electron chi connectivity index (χ0n) is 10.2. The van der Waals surface area contributed by atoms with Crippen LogP contribution in [0.15, 0.2) is 18.2 Å². The Kier molecular flexibility index (Phi) is 5.94. The van der Waals surface area contributed by atoms with Crippen molar-refractivity contribution in [1.82, 2.24) is 5.32 Å². The molecule has 0 heterocycles. The van der Waals surface area contributed by atoms with E-state index in [2.05, 4.69) is 5.32 Å². The number of hydrogen-bond acceptors (Lipinski definition) is 3. The largest absolute Gasteiger partial charge is 0.356 e. The van der Waals surface area contributed by atoms with Gasteiger partial charge in [0.1, 0.15) is 11.6 Å². The van der Waals surface area contributed by atoms with Gasteiger partial charge >= 0.3 is 0 Å². The summed E-state index contributed by atoms with van der Waals surface area (Å²) < 4.78 is 25.3. The molecule has 3 N–H and O–H groups in total. The van der Waals surface area contributed by atoms with Crippen molar-refractivity contribution in [2.45, 2.75) is 19.2 Å². The molecular formula is C12H17FN2O2S. The third-order valence-electron chi connectivity index (χ3n) is 2.34. The number of benzene rings is 1. The van der Waals surface area contributed by atoms with Crippen LogP contribution in [0.4, 0.5) is 4.39 Å². The van der Waals surface area contributed by atoms with Crippen LogP contribution in [0, 0.1) is 5.82 Å². The molecule has 0 bridgehead atoms. The first-order chi connectivity index (χ1) is 8.56. The van der Waals surface area contributed by atoms with E-state index in [1.54, 1.807) is 19.1 Å². The third-order valence-corrected chi connectivity index (χ3v) is 3.55. The molecule has 0 radical (unpaired) electrons. The lowest BCUT2D eigenvalue weighted by molar-refractivity contribution is -0.118. The predicted molar refractivity (Wildman–Crippen MR) is 69.7 cm³/mol. The quantitative estimate of drug-likeness (QED) is 0.799. The van der Waals surface area contributed by atoms with Crippen LogP contribution in [-0.2, 0) is 27.9 Å². The molecule has 1 rings (SSSR count). The first-order valence-corrected chi connectivity index (χ1v) is 7.14. The van der Waals surface area contributed by atoms with Crippen LogP contribution in [0.2, 0.25) is 0 Å². The number of rotatable bonds is 6. The monoisotopic (exact) mass is 272 g/mol. The fourth-order valence-corrected chi connectivity index (χ4v) is 2.53. The molecule has 1 amide bonds. The van der Waals surface area contributed by atoms with E-state index < -0.39 is 16.6 Å². The Morgan fingerprint density at radius 2 is 2.22 bits per heavy atom. The van der Waals surface area contributed by atoms with Crippen molar-refractivity contribution in [2.24, 2.45) is 5.73 Å². The van der Waals surface area contributed by atoms with Gasteiger partial charge in [-0.05, 0) is 18.6 Å². The van der Waals surface area contributed by atoms with Crippen molar-refractivity contribution >= 4 is 16.7 Å². The van der Waals surface area contributed by atoms with Crippen LogP contribution in [0.5, 0.6) is 0 Å². The molecule has 100 valence electrons. The summed E-state index contributed by atoms with van der Waals surface area (Å²) in [5.74, 6) is -0.781. The van der Waals surface area contributed by atoms with Gasteiger partial charge in [0.05, 0.1) is 5.75 Å². The van der Waals surface area contributed by atoms with Crippen LogP contribution in [-0.4, -0.2) is 22.4 Å². The molecule has 0 aliphatic heterocycles. The van der Waals surface area contributed by atoms with Gasteiger partial charge in [-0.1, -0.05) is 12.1 Å². The summed E-state index contributed by atoms with van der Waals surface area (Å²) in [6, 6.07) is 4.59. The highest BCUT2D eigenvalue weighted by atomic mass is 32.2. The second-order valence-corrected chi connectivity index (χ2v) is 5.27. The lowest BCUT2D eigenvalue weighted by Crippen LogP contribution is -2.28. The van der Waals surface area contributed by atoms with Crippen LogP contribution in [0.3, 0.4) is 0 Å². The van der Waals surface area contributed by atoms with E-state index >= 15 is 0 Å². The number of carbonyl (C=O) groups is 1. The van der Waals surface area contributed by atoms with Gasteiger partial charge in [-0.3, -0.25) is 9.00 Å². The maximum Gasteiger partial charge on any atom is 0.232 e. The zero-order chi connectivity index (χ0) is 13.5.